The molecular weight excluding hydrogens is 400 g/mol. The molecule has 1 fully saturated rings. The van der Waals surface area contributed by atoms with Crippen LogP contribution in [0.15, 0.2) is 0 Å². The van der Waals surface area contributed by atoms with Crippen molar-refractivity contribution in [2.45, 2.75) is 96.2 Å². The van der Waals surface area contributed by atoms with Gasteiger partial charge in [0.2, 0.25) is 5.91 Å². The molecule has 1 aliphatic heterocycles. The molecule has 1 aliphatic rings. The van der Waals surface area contributed by atoms with E-state index in [-0.39, 0.29) is 12.8 Å². The summed E-state index contributed by atoms with van der Waals surface area (Å²) in [4.78, 5) is 35.8. The molecule has 0 aromatic rings. The van der Waals surface area contributed by atoms with Crippen molar-refractivity contribution < 1.29 is 43.9 Å². The molecule has 5 N–H and O–H groups in total. The number of hydrogen-bond donors (Lipinski definition) is 5. The molecule has 0 aromatic heterocycles. The third-order valence-electron chi connectivity index (χ3n) is 4.30. The first-order chi connectivity index (χ1) is 13.9. The van der Waals surface area contributed by atoms with Crippen LogP contribution < -0.4 is 10.6 Å². The number of aliphatic hydroxyl groups excluding tert-OH is 3. The van der Waals surface area contributed by atoms with Crippen molar-refractivity contribution >= 4 is 18.0 Å². The minimum Gasteiger partial charge on any atom is -0.461 e. The van der Waals surface area contributed by atoms with Crippen LogP contribution in [0.3, 0.4) is 0 Å². The lowest BCUT2D eigenvalue weighted by atomic mass is 9.97. The molecule has 0 radical (unpaired) electrons. The zero-order valence-electron chi connectivity index (χ0n) is 18.1. The largest absolute Gasteiger partial charge is 0.461 e. The second-order valence-electron chi connectivity index (χ2n) is 8.13. The Morgan fingerprint density at radius 1 is 1.10 bits per heavy atom. The number of hydrogen-bond acceptors (Lipinski definition) is 9. The Labute approximate surface area is 176 Å². The highest BCUT2D eigenvalue weighted by atomic mass is 16.6. The molecule has 11 heteroatoms. The normalized spacial score (nSPS) is 27.7. The molecule has 6 atom stereocenters. The Morgan fingerprint density at radius 3 is 2.27 bits per heavy atom. The molecule has 0 aromatic carbocycles. The van der Waals surface area contributed by atoms with E-state index in [2.05, 4.69) is 10.6 Å². The molecule has 0 spiro atoms. The Balaban J connectivity index is 2.61. The number of amides is 2. The van der Waals surface area contributed by atoms with Crippen molar-refractivity contribution in [3.05, 3.63) is 0 Å². The third-order valence-corrected chi connectivity index (χ3v) is 4.30. The van der Waals surface area contributed by atoms with Crippen LogP contribution in [0.4, 0.5) is 4.79 Å². The maximum atomic E-state index is 12.3. The summed E-state index contributed by atoms with van der Waals surface area (Å²) in [5.74, 6) is -1.19. The summed E-state index contributed by atoms with van der Waals surface area (Å²) in [5, 5.41) is 35.3. The number of aliphatic hydroxyl groups is 3. The van der Waals surface area contributed by atoms with Crippen LogP contribution in [-0.4, -0.2) is 82.2 Å². The van der Waals surface area contributed by atoms with Crippen LogP contribution in [0, 0.1) is 0 Å². The van der Waals surface area contributed by atoms with Gasteiger partial charge in [-0.3, -0.25) is 4.79 Å². The summed E-state index contributed by atoms with van der Waals surface area (Å²) in [6, 6.07) is -2.21. The quantitative estimate of drug-likeness (QED) is 0.318. The first-order valence-corrected chi connectivity index (χ1v) is 10.0. The van der Waals surface area contributed by atoms with Crippen molar-refractivity contribution in [1.82, 2.24) is 10.6 Å². The maximum Gasteiger partial charge on any atom is 0.408 e. The summed E-state index contributed by atoms with van der Waals surface area (Å²) >= 11 is 0. The SMILES string of the molecule is CCCC(=O)N[C@H]1C(O)O[C@H](COC(=O)[C@H](CC)NC(=O)OC(C)(C)C)[C@@H](O)[C@@H]1O. The molecule has 174 valence electrons. The highest BCUT2D eigenvalue weighted by Crippen LogP contribution is 2.21. The molecule has 0 aliphatic carbocycles. The Morgan fingerprint density at radius 2 is 1.73 bits per heavy atom. The molecular formula is C19H34N2O9. The average Bonchev–Trinajstić information content (AvgIpc) is 2.63. The van der Waals surface area contributed by atoms with Crippen LogP contribution in [0.25, 0.3) is 0 Å². The fourth-order valence-corrected chi connectivity index (χ4v) is 2.77. The van der Waals surface area contributed by atoms with E-state index in [1.807, 2.05) is 0 Å². The van der Waals surface area contributed by atoms with Gasteiger partial charge in [0.05, 0.1) is 0 Å². The van der Waals surface area contributed by atoms with Crippen LogP contribution in [0.5, 0.6) is 0 Å². The van der Waals surface area contributed by atoms with E-state index in [4.69, 9.17) is 14.2 Å². The van der Waals surface area contributed by atoms with Gasteiger partial charge < -0.3 is 40.2 Å². The number of nitrogens with one attached hydrogen (secondary N) is 2. The standard InChI is InChI=1S/C19H34N2O9/c1-6-8-12(22)21-13-15(24)14(23)11(29-17(13)26)9-28-16(25)10(7-2)20-18(27)30-19(3,4)5/h10-11,13-15,17,23-24,26H,6-9H2,1-5H3,(H,20,27)(H,21,22)/t10-,11+,13+,14+,15+,17?/m0/s1. The lowest BCUT2D eigenvalue weighted by Gasteiger charge is -2.40. The van der Waals surface area contributed by atoms with Crippen molar-refractivity contribution in [3.8, 4) is 0 Å². The van der Waals surface area contributed by atoms with Crippen molar-refractivity contribution in [2.75, 3.05) is 6.61 Å². The van der Waals surface area contributed by atoms with E-state index in [9.17, 15) is 29.7 Å². The predicted octanol–water partition coefficient (Wildman–Crippen LogP) is -0.443. The topological polar surface area (TPSA) is 164 Å². The van der Waals surface area contributed by atoms with Gasteiger partial charge in [0, 0.05) is 6.42 Å². The third kappa shape index (κ3) is 8.05. The Bertz CT molecular complexity index is 593. The summed E-state index contributed by atoms with van der Waals surface area (Å²) in [7, 11) is 0. The predicted molar refractivity (Wildman–Crippen MR) is 104 cm³/mol. The zero-order chi connectivity index (χ0) is 23.1. The summed E-state index contributed by atoms with van der Waals surface area (Å²) in [5.41, 5.74) is -0.734. The van der Waals surface area contributed by atoms with E-state index in [0.717, 1.165) is 0 Å². The van der Waals surface area contributed by atoms with E-state index < -0.39 is 66.9 Å². The van der Waals surface area contributed by atoms with E-state index in [1.165, 1.54) is 0 Å². The number of carbonyl (C=O) groups is 3. The smallest absolute Gasteiger partial charge is 0.408 e. The fraction of sp³-hybridized carbons (Fsp3) is 0.842. The van der Waals surface area contributed by atoms with Gasteiger partial charge in [-0.25, -0.2) is 9.59 Å². The van der Waals surface area contributed by atoms with Crippen molar-refractivity contribution in [1.29, 1.82) is 0 Å². The molecule has 1 unspecified atom stereocenters. The van der Waals surface area contributed by atoms with Gasteiger partial charge in [0.1, 0.15) is 42.6 Å². The van der Waals surface area contributed by atoms with Crippen molar-refractivity contribution in [2.24, 2.45) is 0 Å². The van der Waals surface area contributed by atoms with Crippen molar-refractivity contribution in [3.63, 3.8) is 0 Å². The van der Waals surface area contributed by atoms with Gasteiger partial charge in [-0.2, -0.15) is 0 Å². The molecule has 11 nitrogen and oxygen atoms in total. The highest BCUT2D eigenvalue weighted by Gasteiger charge is 2.45. The first kappa shape index (κ1) is 26.1. The first-order valence-electron chi connectivity index (χ1n) is 10.0. The number of rotatable bonds is 8. The Kier molecular flexibility index (Phi) is 9.95. The van der Waals surface area contributed by atoms with E-state index >= 15 is 0 Å². The number of alkyl carbamates (subject to hydrolysis) is 1. The van der Waals surface area contributed by atoms with Gasteiger partial charge in [-0.1, -0.05) is 13.8 Å². The molecule has 2 amide bonds. The van der Waals surface area contributed by atoms with Gasteiger partial charge in [0.25, 0.3) is 0 Å². The second-order valence-corrected chi connectivity index (χ2v) is 8.13. The Hall–Kier alpha value is -1.95. The maximum absolute atomic E-state index is 12.3. The average molecular weight is 434 g/mol. The number of carbonyl (C=O) groups excluding carboxylic acids is 3. The molecule has 0 bridgehead atoms. The summed E-state index contributed by atoms with van der Waals surface area (Å²) in [6.07, 6.45) is -5.67. The fourth-order valence-electron chi connectivity index (χ4n) is 2.77. The zero-order valence-corrected chi connectivity index (χ0v) is 18.1. The van der Waals surface area contributed by atoms with E-state index in [1.54, 1.807) is 34.6 Å². The molecule has 1 heterocycles. The van der Waals surface area contributed by atoms with Crippen LogP contribution in [0.1, 0.15) is 53.9 Å². The molecule has 1 rings (SSSR count). The monoisotopic (exact) mass is 434 g/mol. The van der Waals surface area contributed by atoms with Crippen LogP contribution in [0.2, 0.25) is 0 Å². The summed E-state index contributed by atoms with van der Waals surface area (Å²) < 4.78 is 15.4. The van der Waals surface area contributed by atoms with Crippen LogP contribution >= 0.6 is 0 Å². The minimum absolute atomic E-state index is 0.191. The second kappa shape index (κ2) is 11.4. The van der Waals surface area contributed by atoms with Crippen LogP contribution in [-0.2, 0) is 23.8 Å². The minimum atomic E-state index is -1.60. The van der Waals surface area contributed by atoms with E-state index in [0.29, 0.717) is 6.42 Å². The number of esters is 1. The lowest BCUT2D eigenvalue weighted by molar-refractivity contribution is -0.256. The van der Waals surface area contributed by atoms with Gasteiger partial charge in [0.15, 0.2) is 6.29 Å². The molecule has 30 heavy (non-hydrogen) atoms. The van der Waals surface area contributed by atoms with Gasteiger partial charge in [-0.15, -0.1) is 0 Å². The molecule has 1 saturated heterocycles. The highest BCUT2D eigenvalue weighted by molar-refractivity contribution is 5.81. The lowest BCUT2D eigenvalue weighted by Crippen LogP contribution is -2.64. The van der Waals surface area contributed by atoms with Gasteiger partial charge >= 0.3 is 12.1 Å². The summed E-state index contributed by atoms with van der Waals surface area (Å²) in [6.45, 7) is 8.03. The molecule has 0 saturated carbocycles. The number of ether oxygens (including phenoxy) is 3. The van der Waals surface area contributed by atoms with Gasteiger partial charge in [-0.05, 0) is 33.6 Å².